The second-order valence-corrected chi connectivity index (χ2v) is 18.0. The summed E-state index contributed by atoms with van der Waals surface area (Å²) < 4.78 is 24.4. The Kier molecular flexibility index (Phi) is 11.9. The fraction of sp³-hybridized carbons (Fsp3) is 0.292. The second-order valence-electron chi connectivity index (χ2n) is 15.8. The SMILES string of the molecule is C=C=Nc1cc(OCc2cc(COc3cc4c(cc3OC)C(=O)N3c5ccccc5C[C@H]3CN4)cc(CSCC(C)(C)S)c2)c(OC)cc1C(=O)N1CCc2ccccc21. The number of amides is 2. The number of para-hydroxylation sites is 2. The molecule has 0 bridgehead atoms. The molecule has 3 aliphatic heterocycles. The van der Waals surface area contributed by atoms with Crippen molar-refractivity contribution in [1.29, 1.82) is 0 Å². The number of carbonyl (C=O) groups excluding carboxylic acids is 2. The zero-order valence-corrected chi connectivity index (χ0v) is 36.0. The van der Waals surface area contributed by atoms with E-state index in [1.165, 1.54) is 5.56 Å². The number of methoxy groups -OCH3 is 2. The molecule has 0 saturated carbocycles. The fourth-order valence-corrected chi connectivity index (χ4v) is 9.39. The minimum atomic E-state index is -0.183. The number of anilines is 3. The lowest BCUT2D eigenvalue weighted by Gasteiger charge is -2.22. The number of nitrogens with zero attached hydrogens (tertiary/aromatic N) is 3. The predicted octanol–water partition coefficient (Wildman–Crippen LogP) is 9.49. The average Bonchev–Trinajstić information content (AvgIpc) is 3.81. The minimum Gasteiger partial charge on any atom is -0.493 e. The van der Waals surface area contributed by atoms with E-state index in [9.17, 15) is 9.59 Å². The van der Waals surface area contributed by atoms with Gasteiger partial charge in [-0.25, -0.2) is 4.99 Å². The van der Waals surface area contributed by atoms with Crippen molar-refractivity contribution in [2.75, 3.05) is 48.2 Å². The molecule has 0 radical (unpaired) electrons. The van der Waals surface area contributed by atoms with Crippen LogP contribution in [0.3, 0.4) is 0 Å². The van der Waals surface area contributed by atoms with Crippen LogP contribution in [0.5, 0.6) is 23.0 Å². The van der Waals surface area contributed by atoms with Gasteiger partial charge in [-0.1, -0.05) is 62.4 Å². The number of nitrogens with one attached hydrogen (secondary N) is 1. The van der Waals surface area contributed by atoms with Gasteiger partial charge < -0.3 is 34.1 Å². The summed E-state index contributed by atoms with van der Waals surface area (Å²) in [6.45, 7) is 9.53. The molecule has 1 atom stereocenters. The largest absolute Gasteiger partial charge is 0.493 e. The van der Waals surface area contributed by atoms with Gasteiger partial charge in [0.05, 0.1) is 42.8 Å². The van der Waals surface area contributed by atoms with Crippen molar-refractivity contribution in [3.05, 3.63) is 137 Å². The molecule has 0 aromatic heterocycles. The summed E-state index contributed by atoms with van der Waals surface area (Å²) in [7, 11) is 3.14. The van der Waals surface area contributed by atoms with Gasteiger partial charge in [-0.05, 0) is 83.4 Å². The summed E-state index contributed by atoms with van der Waals surface area (Å²) in [5, 5.41) is 3.52. The standard InChI is InChI=1S/C48H48N4O6S2/c1-6-49-38-23-44(42(55-4)21-36(38)46(53)51-16-15-33-11-7-9-13-40(33)51)57-26-30-17-31(19-32(18-30)28-60-29-48(2,3)59)27-58-45-24-39-37(22-43(45)56-5)47(54)52-35(25-50-39)20-34-12-8-10-14-41(34)52/h7-14,17-19,21-24,35,50,59H,1,15-16,20,25-29H2,2-5H3/t35-/m0/s1. The number of thioether (sulfide) groups is 1. The van der Waals surface area contributed by atoms with Crippen LogP contribution in [-0.2, 0) is 31.8 Å². The number of ether oxygens (including phenoxy) is 4. The first-order chi connectivity index (χ1) is 29.0. The van der Waals surface area contributed by atoms with E-state index < -0.39 is 0 Å². The number of rotatable bonds is 14. The van der Waals surface area contributed by atoms with Crippen LogP contribution < -0.4 is 34.1 Å². The number of hydrogen-bond donors (Lipinski definition) is 2. The molecule has 3 heterocycles. The van der Waals surface area contributed by atoms with E-state index in [0.717, 1.165) is 58.0 Å². The van der Waals surface area contributed by atoms with Crippen LogP contribution in [0.15, 0.2) is 103 Å². The van der Waals surface area contributed by atoms with Gasteiger partial charge in [0.1, 0.15) is 13.2 Å². The third-order valence-corrected chi connectivity index (χ3v) is 12.7. The zero-order valence-electron chi connectivity index (χ0n) is 34.2. The second kappa shape index (κ2) is 17.4. The molecule has 1 N–H and O–H groups in total. The summed E-state index contributed by atoms with van der Waals surface area (Å²) >= 11 is 6.54. The Balaban J connectivity index is 1.04. The highest BCUT2D eigenvalue weighted by Crippen LogP contribution is 2.42. The summed E-state index contributed by atoms with van der Waals surface area (Å²) in [6.07, 6.45) is 1.58. The van der Waals surface area contributed by atoms with Crippen molar-refractivity contribution in [3.8, 4) is 23.0 Å². The van der Waals surface area contributed by atoms with Crippen LogP contribution in [0.25, 0.3) is 0 Å². The van der Waals surface area contributed by atoms with Crippen LogP contribution in [0, 0.1) is 0 Å². The molecule has 0 unspecified atom stereocenters. The number of fused-ring (bicyclic) bond motifs is 5. The van der Waals surface area contributed by atoms with Crippen LogP contribution >= 0.6 is 24.4 Å². The smallest absolute Gasteiger partial charge is 0.260 e. The number of thiol groups is 1. The molecule has 0 fully saturated rings. The predicted molar refractivity (Wildman–Crippen MR) is 244 cm³/mol. The van der Waals surface area contributed by atoms with Crippen molar-refractivity contribution >= 4 is 64.8 Å². The van der Waals surface area contributed by atoms with E-state index >= 15 is 0 Å². The molecule has 0 aliphatic carbocycles. The van der Waals surface area contributed by atoms with Crippen molar-refractivity contribution in [3.63, 3.8) is 0 Å². The molecular formula is C48H48N4O6S2. The molecule has 10 nitrogen and oxygen atoms in total. The fourth-order valence-electron chi connectivity index (χ4n) is 8.11. The maximum absolute atomic E-state index is 14.0. The Morgan fingerprint density at radius 1 is 0.883 bits per heavy atom. The highest BCUT2D eigenvalue weighted by molar-refractivity contribution is 7.99. The summed E-state index contributed by atoms with van der Waals surface area (Å²) in [5.74, 6) is 5.82. The third kappa shape index (κ3) is 8.59. The van der Waals surface area contributed by atoms with E-state index in [-0.39, 0.29) is 35.8 Å². The number of aliphatic imine (C=N–C) groups is 1. The molecule has 308 valence electrons. The van der Waals surface area contributed by atoms with Crippen LogP contribution in [-0.4, -0.2) is 61.5 Å². The minimum absolute atomic E-state index is 0.0156. The molecule has 0 saturated heterocycles. The number of hydrogen-bond acceptors (Lipinski definition) is 10. The molecule has 8 rings (SSSR count). The van der Waals surface area contributed by atoms with Crippen LogP contribution in [0.4, 0.5) is 22.7 Å². The number of carbonyl (C=O) groups is 2. The highest BCUT2D eigenvalue weighted by Gasteiger charge is 2.38. The van der Waals surface area contributed by atoms with Crippen molar-refractivity contribution in [2.24, 2.45) is 4.99 Å². The zero-order chi connectivity index (χ0) is 42.0. The van der Waals surface area contributed by atoms with Gasteiger partial charge in [0.25, 0.3) is 11.8 Å². The molecule has 12 heteroatoms. The summed E-state index contributed by atoms with van der Waals surface area (Å²) in [4.78, 5) is 36.0. The van der Waals surface area contributed by atoms with Gasteiger partial charge in [0, 0.05) is 52.8 Å². The van der Waals surface area contributed by atoms with E-state index in [4.69, 9.17) is 31.6 Å². The topological polar surface area (TPSA) is 102 Å². The first-order valence-electron chi connectivity index (χ1n) is 19.9. The van der Waals surface area contributed by atoms with Crippen LogP contribution in [0.2, 0.25) is 0 Å². The molecule has 3 aliphatic rings. The quantitative estimate of drug-likeness (QED) is 0.0843. The van der Waals surface area contributed by atoms with E-state index in [0.29, 0.717) is 58.6 Å². The van der Waals surface area contributed by atoms with Gasteiger partial charge in [-0.3, -0.25) is 9.59 Å². The van der Waals surface area contributed by atoms with E-state index in [1.54, 1.807) is 49.1 Å². The molecule has 5 aromatic carbocycles. The van der Waals surface area contributed by atoms with E-state index in [1.807, 2.05) is 53.4 Å². The summed E-state index contributed by atoms with van der Waals surface area (Å²) in [6, 6.07) is 29.4. The Hall–Kier alpha value is -5.81. The maximum atomic E-state index is 14.0. The van der Waals surface area contributed by atoms with Gasteiger partial charge in [-0.15, -0.1) is 0 Å². The number of benzene rings is 5. The molecule has 2 amide bonds. The Morgan fingerprint density at radius 3 is 2.23 bits per heavy atom. The Labute approximate surface area is 361 Å². The molecule has 60 heavy (non-hydrogen) atoms. The first-order valence-corrected chi connectivity index (χ1v) is 21.5. The monoisotopic (exact) mass is 840 g/mol. The van der Waals surface area contributed by atoms with E-state index in [2.05, 4.69) is 60.9 Å². The maximum Gasteiger partial charge on any atom is 0.260 e. The van der Waals surface area contributed by atoms with Gasteiger partial charge in [0.2, 0.25) is 0 Å². The van der Waals surface area contributed by atoms with Gasteiger partial charge in [0.15, 0.2) is 23.0 Å². The normalized spacial score (nSPS) is 15.2. The van der Waals surface area contributed by atoms with Gasteiger partial charge in [-0.2, -0.15) is 24.4 Å². The average molecular weight is 841 g/mol. The lowest BCUT2D eigenvalue weighted by molar-refractivity contribution is 0.0978. The van der Waals surface area contributed by atoms with Crippen molar-refractivity contribution < 1.29 is 28.5 Å². The first kappa shape index (κ1) is 40.9. The van der Waals surface area contributed by atoms with Crippen molar-refractivity contribution in [2.45, 2.75) is 56.4 Å². The lowest BCUT2D eigenvalue weighted by atomic mass is 10.1. The van der Waals surface area contributed by atoms with Gasteiger partial charge >= 0.3 is 0 Å². The Bertz CT molecular complexity index is 2510. The molecule has 0 spiro atoms. The van der Waals surface area contributed by atoms with Crippen molar-refractivity contribution in [1.82, 2.24) is 0 Å². The Morgan fingerprint density at radius 2 is 1.53 bits per heavy atom. The lowest BCUT2D eigenvalue weighted by Crippen LogP contribution is -2.39. The molecular weight excluding hydrogens is 793 g/mol. The highest BCUT2D eigenvalue weighted by atomic mass is 32.2. The third-order valence-electron chi connectivity index (χ3n) is 10.8. The summed E-state index contributed by atoms with van der Waals surface area (Å²) in [5.41, 5.74) is 9.13. The van der Waals surface area contributed by atoms with Crippen LogP contribution in [0.1, 0.15) is 62.4 Å². The molecule has 5 aromatic rings.